The summed E-state index contributed by atoms with van der Waals surface area (Å²) in [6, 6.07) is 51.2. The SMILES string of the molecule is c1ccc(-c2cc(-n3c4ccccc4c4c5c(ccc43)sc3ccccc35)cc3c2ccc2ccccc23)cc1. The van der Waals surface area contributed by atoms with Gasteiger partial charge in [0.05, 0.1) is 11.0 Å². The van der Waals surface area contributed by atoms with Crippen LogP contribution in [0.2, 0.25) is 0 Å². The highest BCUT2D eigenvalue weighted by Crippen LogP contribution is 2.44. The van der Waals surface area contributed by atoms with Crippen molar-refractivity contribution in [1.29, 1.82) is 0 Å². The van der Waals surface area contributed by atoms with Gasteiger partial charge in [-0.2, -0.15) is 0 Å². The van der Waals surface area contributed by atoms with Gasteiger partial charge in [-0.3, -0.25) is 0 Å². The Morgan fingerprint density at radius 1 is 0.425 bits per heavy atom. The van der Waals surface area contributed by atoms with Crippen molar-refractivity contribution in [2.45, 2.75) is 0 Å². The maximum absolute atomic E-state index is 2.48. The van der Waals surface area contributed by atoms with Crippen molar-refractivity contribution in [3.8, 4) is 16.8 Å². The van der Waals surface area contributed by atoms with Gasteiger partial charge < -0.3 is 4.57 Å². The topological polar surface area (TPSA) is 4.93 Å². The molecule has 9 rings (SSSR count). The molecular formula is C38H23NS. The number of fused-ring (bicyclic) bond motifs is 10. The number of para-hydroxylation sites is 1. The average Bonchev–Trinajstić information content (AvgIpc) is 3.56. The van der Waals surface area contributed by atoms with E-state index in [2.05, 4.69) is 144 Å². The second-order valence-electron chi connectivity index (χ2n) is 10.5. The number of thiophene rings is 1. The second-order valence-corrected chi connectivity index (χ2v) is 11.6. The van der Waals surface area contributed by atoms with E-state index in [9.17, 15) is 0 Å². The van der Waals surface area contributed by atoms with Crippen LogP contribution in [0.3, 0.4) is 0 Å². The molecule has 9 aromatic rings. The summed E-state index contributed by atoms with van der Waals surface area (Å²) in [5.41, 5.74) is 6.16. The summed E-state index contributed by atoms with van der Waals surface area (Å²) in [7, 11) is 0. The molecule has 0 bridgehead atoms. The number of hydrogen-bond donors (Lipinski definition) is 0. The predicted octanol–water partition coefficient (Wildman–Crippen LogP) is 11.1. The van der Waals surface area contributed by atoms with E-state index in [0.717, 1.165) is 0 Å². The molecule has 7 aromatic carbocycles. The van der Waals surface area contributed by atoms with Gasteiger partial charge in [-0.25, -0.2) is 0 Å². The highest BCUT2D eigenvalue weighted by molar-refractivity contribution is 7.26. The van der Waals surface area contributed by atoms with Gasteiger partial charge in [-0.15, -0.1) is 11.3 Å². The number of hydrogen-bond acceptors (Lipinski definition) is 1. The van der Waals surface area contributed by atoms with Gasteiger partial charge in [0.25, 0.3) is 0 Å². The number of nitrogens with zero attached hydrogens (tertiary/aromatic N) is 1. The van der Waals surface area contributed by atoms with Crippen molar-refractivity contribution in [1.82, 2.24) is 4.57 Å². The minimum Gasteiger partial charge on any atom is -0.309 e. The summed E-state index contributed by atoms with van der Waals surface area (Å²) in [6.07, 6.45) is 0. The van der Waals surface area contributed by atoms with E-state index in [1.165, 1.54) is 80.3 Å². The van der Waals surface area contributed by atoms with Crippen LogP contribution in [-0.2, 0) is 0 Å². The number of rotatable bonds is 2. The molecule has 2 aromatic heterocycles. The fraction of sp³-hybridized carbons (Fsp3) is 0. The first kappa shape index (κ1) is 22.0. The van der Waals surface area contributed by atoms with Crippen molar-refractivity contribution in [2.24, 2.45) is 0 Å². The Kier molecular flexibility index (Phi) is 4.55. The third-order valence-corrected chi connectivity index (χ3v) is 9.50. The molecule has 0 fully saturated rings. The second kappa shape index (κ2) is 8.29. The Morgan fingerprint density at radius 2 is 1.18 bits per heavy atom. The van der Waals surface area contributed by atoms with Crippen LogP contribution in [0.1, 0.15) is 0 Å². The van der Waals surface area contributed by atoms with Gasteiger partial charge in [0, 0.05) is 36.6 Å². The van der Waals surface area contributed by atoms with E-state index in [0.29, 0.717) is 0 Å². The summed E-state index contributed by atoms with van der Waals surface area (Å²) >= 11 is 1.88. The molecule has 0 aliphatic carbocycles. The largest absolute Gasteiger partial charge is 0.309 e. The van der Waals surface area contributed by atoms with Gasteiger partial charge >= 0.3 is 0 Å². The molecule has 2 heterocycles. The first-order valence-corrected chi connectivity index (χ1v) is 14.5. The zero-order valence-corrected chi connectivity index (χ0v) is 22.5. The standard InChI is InChI=1S/C38H23NS/c1-2-10-24(11-3-1)31-22-26(23-32-27-13-5-4-12-25(27)18-19-28(31)32)39-33-16-8-6-14-29(33)37-34(39)20-21-36-38(37)30-15-7-9-17-35(30)40-36/h1-23H. The molecule has 0 N–H and O–H groups in total. The fourth-order valence-corrected chi connectivity index (χ4v) is 7.75. The van der Waals surface area contributed by atoms with Crippen molar-refractivity contribution in [3.05, 3.63) is 140 Å². The molecular weight excluding hydrogens is 502 g/mol. The van der Waals surface area contributed by atoms with Crippen LogP contribution in [-0.4, -0.2) is 4.57 Å². The fourth-order valence-electron chi connectivity index (χ4n) is 6.64. The summed E-state index contributed by atoms with van der Waals surface area (Å²) in [5.74, 6) is 0. The molecule has 186 valence electrons. The predicted molar refractivity (Wildman–Crippen MR) is 174 cm³/mol. The smallest absolute Gasteiger partial charge is 0.0548 e. The maximum atomic E-state index is 2.48. The van der Waals surface area contributed by atoms with Crippen molar-refractivity contribution >= 4 is 74.9 Å². The Hall–Kier alpha value is -4.92. The molecule has 0 saturated carbocycles. The average molecular weight is 526 g/mol. The van der Waals surface area contributed by atoms with Crippen LogP contribution in [0.5, 0.6) is 0 Å². The van der Waals surface area contributed by atoms with Crippen molar-refractivity contribution < 1.29 is 0 Å². The highest BCUT2D eigenvalue weighted by atomic mass is 32.1. The maximum Gasteiger partial charge on any atom is 0.0548 e. The molecule has 0 atom stereocenters. The lowest BCUT2D eigenvalue weighted by atomic mass is 9.94. The van der Waals surface area contributed by atoms with E-state index >= 15 is 0 Å². The zero-order chi connectivity index (χ0) is 26.2. The lowest BCUT2D eigenvalue weighted by molar-refractivity contribution is 1.19. The lowest BCUT2D eigenvalue weighted by Gasteiger charge is -2.15. The molecule has 0 aliphatic heterocycles. The Labute approximate surface area is 235 Å². The van der Waals surface area contributed by atoms with Gasteiger partial charge in [0.1, 0.15) is 0 Å². The van der Waals surface area contributed by atoms with Crippen LogP contribution < -0.4 is 0 Å². The zero-order valence-electron chi connectivity index (χ0n) is 21.6. The Morgan fingerprint density at radius 3 is 2.08 bits per heavy atom. The van der Waals surface area contributed by atoms with Crippen molar-refractivity contribution in [3.63, 3.8) is 0 Å². The van der Waals surface area contributed by atoms with Crippen LogP contribution in [0.15, 0.2) is 140 Å². The van der Waals surface area contributed by atoms with E-state index in [-0.39, 0.29) is 0 Å². The minimum absolute atomic E-state index is 1.19. The number of aromatic nitrogens is 1. The quantitative estimate of drug-likeness (QED) is 0.198. The first-order chi connectivity index (χ1) is 19.8. The highest BCUT2D eigenvalue weighted by Gasteiger charge is 2.19. The molecule has 0 unspecified atom stereocenters. The van der Waals surface area contributed by atoms with Gasteiger partial charge in [0.2, 0.25) is 0 Å². The van der Waals surface area contributed by atoms with E-state index in [1.54, 1.807) is 0 Å². The Balaban J connectivity index is 1.48. The van der Waals surface area contributed by atoms with Crippen LogP contribution in [0, 0.1) is 0 Å². The first-order valence-electron chi connectivity index (χ1n) is 13.7. The summed E-state index contributed by atoms with van der Waals surface area (Å²) in [5, 5.41) is 10.4. The van der Waals surface area contributed by atoms with Gasteiger partial charge in [-0.1, -0.05) is 103 Å². The minimum atomic E-state index is 1.19. The van der Waals surface area contributed by atoms with Crippen molar-refractivity contribution in [2.75, 3.05) is 0 Å². The molecule has 40 heavy (non-hydrogen) atoms. The molecule has 0 aliphatic rings. The van der Waals surface area contributed by atoms with Crippen LogP contribution >= 0.6 is 11.3 Å². The normalized spacial score (nSPS) is 12.0. The monoisotopic (exact) mass is 525 g/mol. The third kappa shape index (κ3) is 3.03. The van der Waals surface area contributed by atoms with E-state index in [4.69, 9.17) is 0 Å². The van der Waals surface area contributed by atoms with E-state index < -0.39 is 0 Å². The number of benzene rings is 7. The van der Waals surface area contributed by atoms with Gasteiger partial charge in [-0.05, 0) is 69.1 Å². The molecule has 0 radical (unpaired) electrons. The van der Waals surface area contributed by atoms with Crippen LogP contribution in [0.25, 0.3) is 80.3 Å². The van der Waals surface area contributed by atoms with E-state index in [1.807, 2.05) is 11.3 Å². The summed E-state index contributed by atoms with van der Waals surface area (Å²) in [6.45, 7) is 0. The third-order valence-electron chi connectivity index (χ3n) is 8.36. The molecule has 2 heteroatoms. The molecule has 0 spiro atoms. The Bertz CT molecular complexity index is 2420. The summed E-state index contributed by atoms with van der Waals surface area (Å²) in [4.78, 5) is 0. The lowest BCUT2D eigenvalue weighted by Crippen LogP contribution is -1.96. The molecule has 0 amide bonds. The van der Waals surface area contributed by atoms with Crippen LogP contribution in [0.4, 0.5) is 0 Å². The molecule has 0 saturated heterocycles. The van der Waals surface area contributed by atoms with Gasteiger partial charge in [0.15, 0.2) is 0 Å². The molecule has 1 nitrogen and oxygen atoms in total. The summed E-state index contributed by atoms with van der Waals surface area (Å²) < 4.78 is 5.15.